The average molecular weight is 591 g/mol. The maximum absolute atomic E-state index is 12.1. The lowest BCUT2D eigenvalue weighted by atomic mass is 10.1. The molecule has 1 N–H and O–H groups in total. The second-order valence-corrected chi connectivity index (χ2v) is 8.73. The first-order valence-electron chi connectivity index (χ1n) is 14.9. The number of Topliss-reactive ketones (excluding diaryl/α,β-unsaturated/α-hetero) is 1. The topological polar surface area (TPSA) is 111 Å². The van der Waals surface area contributed by atoms with Crippen LogP contribution in [0, 0.1) is 0 Å². The Kier molecular flexibility index (Phi) is 32.7. The second-order valence-electron chi connectivity index (χ2n) is 8.73. The number of phenols is 1. The molecule has 0 aliphatic rings. The summed E-state index contributed by atoms with van der Waals surface area (Å²) in [5, 5.41) is 10.5. The summed E-state index contributed by atoms with van der Waals surface area (Å²) in [5.74, 6) is 0.162. The number of carbonyl (C=O) groups excluding carboxylic acids is 1. The summed E-state index contributed by atoms with van der Waals surface area (Å²) in [6.45, 7) is 15.9. The minimum Gasteiger partial charge on any atom is -0.502 e. The Bertz CT molecular complexity index is 696. The molecule has 1 aromatic carbocycles. The number of ether oxygens (including phenoxy) is 8. The molecule has 0 fully saturated rings. The number of benzene rings is 1. The van der Waals surface area contributed by atoms with E-state index in [1.807, 2.05) is 6.92 Å². The van der Waals surface area contributed by atoms with Gasteiger partial charge >= 0.3 is 0 Å². The van der Waals surface area contributed by atoms with Crippen LogP contribution < -0.4 is 9.47 Å². The Morgan fingerprint density at radius 2 is 0.951 bits per heavy atom. The fraction of sp³-hybridized carbons (Fsp3) is 0.774. The van der Waals surface area contributed by atoms with Gasteiger partial charge in [-0.2, -0.15) is 0 Å². The Morgan fingerprint density at radius 1 is 0.561 bits per heavy atom. The van der Waals surface area contributed by atoms with Gasteiger partial charge in [-0.15, -0.1) is 0 Å². The van der Waals surface area contributed by atoms with Crippen molar-refractivity contribution in [3.63, 3.8) is 0 Å². The second kappa shape index (κ2) is 32.6. The Labute approximate surface area is 248 Å². The third kappa shape index (κ3) is 25.5. The molecule has 0 heterocycles. The lowest BCUT2D eigenvalue weighted by molar-refractivity contribution is 0.0000664. The first kappa shape index (κ1) is 41.2. The van der Waals surface area contributed by atoms with Crippen LogP contribution >= 0.6 is 0 Å². The predicted molar refractivity (Wildman–Crippen MR) is 162 cm³/mol. The van der Waals surface area contributed by atoms with Crippen LogP contribution in [0.2, 0.25) is 0 Å². The summed E-state index contributed by atoms with van der Waals surface area (Å²) >= 11 is 0. The molecule has 0 amide bonds. The molecule has 0 saturated carbocycles. The van der Waals surface area contributed by atoms with E-state index in [-0.39, 0.29) is 36.2 Å². The zero-order valence-corrected chi connectivity index (χ0v) is 26.8. The molecule has 10 nitrogen and oxygen atoms in total. The Balaban J connectivity index is 0. The van der Waals surface area contributed by atoms with Gasteiger partial charge in [0, 0.05) is 39.4 Å². The lowest BCUT2D eigenvalue weighted by Gasteiger charge is -2.15. The van der Waals surface area contributed by atoms with Crippen molar-refractivity contribution in [1.82, 2.24) is 0 Å². The number of unbranched alkanes of at least 4 members (excludes halogenated alkanes) is 1. The fourth-order valence-electron chi connectivity index (χ4n) is 2.72. The number of hydrogen-bond donors (Lipinski definition) is 1. The molecule has 1 aromatic rings. The van der Waals surface area contributed by atoms with Gasteiger partial charge in [-0.25, -0.2) is 0 Å². The summed E-state index contributed by atoms with van der Waals surface area (Å²) in [6, 6.07) is 3.05. The monoisotopic (exact) mass is 590 g/mol. The molecule has 0 aliphatic heterocycles. The molecule has 0 unspecified atom stereocenters. The average Bonchev–Trinajstić information content (AvgIpc) is 2.99. The van der Waals surface area contributed by atoms with Gasteiger partial charge < -0.3 is 43.0 Å². The van der Waals surface area contributed by atoms with E-state index in [0.717, 1.165) is 19.4 Å². The number of aromatic hydroxyl groups is 1. The SMILES string of the molecule is CCCC.CCCOC.CCCOCCOc1cc(C(=O)CC)cc(OCCOCCOCCOCCOC)c1O. The molecule has 0 saturated heterocycles. The van der Waals surface area contributed by atoms with Crippen LogP contribution in [0.3, 0.4) is 0 Å². The molecular weight excluding hydrogens is 532 g/mol. The van der Waals surface area contributed by atoms with Crippen LogP contribution in [0.5, 0.6) is 17.2 Å². The largest absolute Gasteiger partial charge is 0.502 e. The molecule has 0 atom stereocenters. The lowest BCUT2D eigenvalue weighted by Crippen LogP contribution is -2.14. The minimum absolute atomic E-state index is 0.0680. The number of rotatable bonds is 24. The molecule has 0 aromatic heterocycles. The van der Waals surface area contributed by atoms with Crippen molar-refractivity contribution in [2.45, 2.75) is 66.7 Å². The number of methoxy groups -OCH3 is 2. The summed E-state index contributed by atoms with van der Waals surface area (Å²) in [5.41, 5.74) is 0.423. The molecular formula is C31H58O10. The zero-order valence-electron chi connectivity index (χ0n) is 26.8. The van der Waals surface area contributed by atoms with Gasteiger partial charge in [-0.05, 0) is 25.0 Å². The third-order valence-electron chi connectivity index (χ3n) is 5.09. The molecule has 242 valence electrons. The van der Waals surface area contributed by atoms with E-state index in [1.54, 1.807) is 21.1 Å². The highest BCUT2D eigenvalue weighted by Crippen LogP contribution is 2.38. The van der Waals surface area contributed by atoms with Gasteiger partial charge in [0.25, 0.3) is 0 Å². The fourth-order valence-corrected chi connectivity index (χ4v) is 2.72. The van der Waals surface area contributed by atoms with Gasteiger partial charge in [0.2, 0.25) is 5.75 Å². The standard InChI is InChI=1S/C23H38O9.C4H10O.C4H10/c1-4-6-27-13-15-31-21-17-19(20(24)5-2)18-22(23(21)25)32-16-14-30-12-11-29-10-9-28-8-7-26-3;1-3-4-5-2;1-3-4-2/h17-18,25H,4-16H2,1-3H3;3-4H2,1-2H3;3-4H2,1-2H3. The number of phenolic OH excluding ortho intramolecular Hbond substituents is 1. The highest BCUT2D eigenvalue weighted by atomic mass is 16.6. The van der Waals surface area contributed by atoms with Crippen LogP contribution in [0.15, 0.2) is 12.1 Å². The van der Waals surface area contributed by atoms with Crippen LogP contribution in [0.25, 0.3) is 0 Å². The first-order valence-corrected chi connectivity index (χ1v) is 14.9. The van der Waals surface area contributed by atoms with Gasteiger partial charge in [0.05, 0.1) is 52.9 Å². The van der Waals surface area contributed by atoms with E-state index in [1.165, 1.54) is 25.0 Å². The molecule has 0 aliphatic carbocycles. The Morgan fingerprint density at radius 3 is 1.29 bits per heavy atom. The van der Waals surface area contributed by atoms with Crippen molar-refractivity contribution in [3.05, 3.63) is 17.7 Å². The van der Waals surface area contributed by atoms with E-state index in [2.05, 4.69) is 20.8 Å². The van der Waals surface area contributed by atoms with Crippen LogP contribution in [-0.4, -0.2) is 104 Å². The van der Waals surface area contributed by atoms with Crippen molar-refractivity contribution in [3.8, 4) is 17.2 Å². The molecule has 41 heavy (non-hydrogen) atoms. The molecule has 0 radical (unpaired) electrons. The van der Waals surface area contributed by atoms with Crippen molar-refractivity contribution in [1.29, 1.82) is 0 Å². The summed E-state index contributed by atoms with van der Waals surface area (Å²) in [7, 11) is 3.34. The van der Waals surface area contributed by atoms with Crippen molar-refractivity contribution < 1.29 is 47.8 Å². The summed E-state index contributed by atoms with van der Waals surface area (Å²) < 4.78 is 42.3. The van der Waals surface area contributed by atoms with Crippen LogP contribution in [-0.2, 0) is 28.4 Å². The smallest absolute Gasteiger partial charge is 0.200 e. The van der Waals surface area contributed by atoms with E-state index in [0.29, 0.717) is 71.4 Å². The van der Waals surface area contributed by atoms with E-state index < -0.39 is 0 Å². The maximum Gasteiger partial charge on any atom is 0.200 e. The number of hydrogen-bond acceptors (Lipinski definition) is 10. The highest BCUT2D eigenvalue weighted by Gasteiger charge is 2.16. The molecule has 0 bridgehead atoms. The van der Waals surface area contributed by atoms with Gasteiger partial charge in [0.15, 0.2) is 17.3 Å². The zero-order chi connectivity index (χ0) is 31.0. The van der Waals surface area contributed by atoms with Crippen molar-refractivity contribution >= 4 is 5.78 Å². The van der Waals surface area contributed by atoms with Crippen LogP contribution in [0.1, 0.15) is 77.1 Å². The number of ketones is 1. The maximum atomic E-state index is 12.1. The van der Waals surface area contributed by atoms with Gasteiger partial charge in [-0.1, -0.05) is 47.5 Å². The van der Waals surface area contributed by atoms with E-state index in [9.17, 15) is 9.90 Å². The van der Waals surface area contributed by atoms with Gasteiger partial charge in [0.1, 0.15) is 13.2 Å². The highest BCUT2D eigenvalue weighted by molar-refractivity contribution is 5.97. The minimum atomic E-state index is -0.148. The third-order valence-corrected chi connectivity index (χ3v) is 5.09. The van der Waals surface area contributed by atoms with Crippen molar-refractivity contribution in [2.75, 3.05) is 93.5 Å². The Hall–Kier alpha value is -1.95. The normalized spacial score (nSPS) is 10.3. The number of carbonyl (C=O) groups is 1. The van der Waals surface area contributed by atoms with Crippen LogP contribution in [0.4, 0.5) is 0 Å². The van der Waals surface area contributed by atoms with E-state index in [4.69, 9.17) is 37.9 Å². The summed E-state index contributed by atoms with van der Waals surface area (Å²) in [4.78, 5) is 12.1. The predicted octanol–water partition coefficient (Wildman–Crippen LogP) is 5.71. The molecule has 10 heteroatoms. The molecule has 0 spiro atoms. The molecule has 1 rings (SSSR count). The summed E-state index contributed by atoms with van der Waals surface area (Å²) in [6.07, 6.45) is 5.02. The van der Waals surface area contributed by atoms with Crippen molar-refractivity contribution in [2.24, 2.45) is 0 Å². The van der Waals surface area contributed by atoms with Gasteiger partial charge in [-0.3, -0.25) is 4.79 Å². The first-order chi connectivity index (χ1) is 20.0. The van der Waals surface area contributed by atoms with E-state index >= 15 is 0 Å². The quantitative estimate of drug-likeness (QED) is 0.119.